The van der Waals surface area contributed by atoms with E-state index >= 15 is 0 Å². The fraction of sp³-hybridized carbons (Fsp3) is 0.444. The zero-order chi connectivity index (χ0) is 9.68. The SMILES string of the molecule is NCC(O)C(N)Cc1ccccn1. The van der Waals surface area contributed by atoms with Crippen LogP contribution in [0, 0.1) is 0 Å². The molecule has 0 aliphatic heterocycles. The van der Waals surface area contributed by atoms with Crippen LogP contribution in [-0.2, 0) is 6.42 Å². The van der Waals surface area contributed by atoms with E-state index < -0.39 is 6.10 Å². The van der Waals surface area contributed by atoms with Gasteiger partial charge in [-0.2, -0.15) is 0 Å². The Kier molecular flexibility index (Phi) is 3.82. The molecule has 0 radical (unpaired) electrons. The van der Waals surface area contributed by atoms with Crippen molar-refractivity contribution in [1.82, 2.24) is 4.98 Å². The number of hydrogen-bond donors (Lipinski definition) is 3. The molecule has 0 aliphatic rings. The molecule has 0 saturated carbocycles. The second-order valence-electron chi connectivity index (χ2n) is 2.99. The van der Waals surface area contributed by atoms with Crippen molar-refractivity contribution in [2.24, 2.45) is 11.5 Å². The molecule has 4 heteroatoms. The van der Waals surface area contributed by atoms with Gasteiger partial charge in [-0.05, 0) is 12.1 Å². The Bertz CT molecular complexity index is 240. The van der Waals surface area contributed by atoms with E-state index in [-0.39, 0.29) is 12.6 Å². The van der Waals surface area contributed by atoms with Crippen molar-refractivity contribution in [3.05, 3.63) is 30.1 Å². The minimum Gasteiger partial charge on any atom is -0.390 e. The fourth-order valence-electron chi connectivity index (χ4n) is 1.07. The molecule has 2 atom stereocenters. The summed E-state index contributed by atoms with van der Waals surface area (Å²) < 4.78 is 0. The van der Waals surface area contributed by atoms with Gasteiger partial charge in [0.05, 0.1) is 6.10 Å². The van der Waals surface area contributed by atoms with E-state index in [1.54, 1.807) is 6.20 Å². The molecular formula is C9H15N3O. The lowest BCUT2D eigenvalue weighted by atomic mass is 10.1. The molecule has 4 nitrogen and oxygen atoms in total. The summed E-state index contributed by atoms with van der Waals surface area (Å²) in [6.07, 6.45) is 1.61. The molecule has 2 unspecified atom stereocenters. The number of nitrogens with two attached hydrogens (primary N) is 2. The molecule has 1 aromatic rings. The standard InChI is InChI=1S/C9H15N3O/c10-6-9(13)8(11)5-7-3-1-2-4-12-7/h1-4,8-9,13H,5-6,10-11H2. The molecule has 0 aliphatic carbocycles. The number of pyridine rings is 1. The van der Waals surface area contributed by atoms with Crippen LogP contribution in [0.4, 0.5) is 0 Å². The maximum atomic E-state index is 9.31. The summed E-state index contributed by atoms with van der Waals surface area (Å²) in [5, 5.41) is 9.31. The lowest BCUT2D eigenvalue weighted by Crippen LogP contribution is -2.41. The Labute approximate surface area is 77.6 Å². The lowest BCUT2D eigenvalue weighted by Gasteiger charge is -2.16. The summed E-state index contributed by atoms with van der Waals surface area (Å²) in [4.78, 5) is 4.10. The first-order valence-electron chi connectivity index (χ1n) is 4.27. The summed E-state index contributed by atoms with van der Waals surface area (Å²) in [7, 11) is 0. The van der Waals surface area contributed by atoms with Gasteiger partial charge in [0, 0.05) is 30.9 Å². The summed E-state index contributed by atoms with van der Waals surface area (Å²) in [6, 6.07) is 5.28. The van der Waals surface area contributed by atoms with E-state index in [0.717, 1.165) is 5.69 Å². The monoisotopic (exact) mass is 181 g/mol. The molecule has 0 saturated heterocycles. The molecule has 0 spiro atoms. The maximum Gasteiger partial charge on any atom is 0.0816 e. The number of hydrogen-bond acceptors (Lipinski definition) is 4. The zero-order valence-corrected chi connectivity index (χ0v) is 7.43. The first-order chi connectivity index (χ1) is 6.24. The van der Waals surface area contributed by atoms with Gasteiger partial charge in [-0.15, -0.1) is 0 Å². The van der Waals surface area contributed by atoms with Gasteiger partial charge in [0.2, 0.25) is 0 Å². The van der Waals surface area contributed by atoms with Crippen molar-refractivity contribution in [3.8, 4) is 0 Å². The van der Waals surface area contributed by atoms with E-state index in [1.165, 1.54) is 0 Å². The van der Waals surface area contributed by atoms with Gasteiger partial charge in [0.25, 0.3) is 0 Å². The zero-order valence-electron chi connectivity index (χ0n) is 7.43. The van der Waals surface area contributed by atoms with Crippen LogP contribution in [0.3, 0.4) is 0 Å². The molecule has 13 heavy (non-hydrogen) atoms. The van der Waals surface area contributed by atoms with Crippen molar-refractivity contribution in [2.45, 2.75) is 18.6 Å². The second-order valence-corrected chi connectivity index (χ2v) is 2.99. The highest BCUT2D eigenvalue weighted by Gasteiger charge is 2.13. The number of nitrogens with zero attached hydrogens (tertiary/aromatic N) is 1. The Morgan fingerprint density at radius 3 is 2.77 bits per heavy atom. The molecule has 0 aromatic carbocycles. The first kappa shape index (κ1) is 10.1. The Morgan fingerprint density at radius 1 is 1.46 bits per heavy atom. The summed E-state index contributed by atoms with van der Waals surface area (Å²) in [5.74, 6) is 0. The minimum atomic E-state index is -0.651. The van der Waals surface area contributed by atoms with Crippen LogP contribution in [-0.4, -0.2) is 28.8 Å². The van der Waals surface area contributed by atoms with Crippen LogP contribution in [0.5, 0.6) is 0 Å². The normalized spacial score (nSPS) is 15.3. The first-order valence-corrected chi connectivity index (χ1v) is 4.27. The molecule has 0 amide bonds. The van der Waals surface area contributed by atoms with Crippen molar-refractivity contribution in [3.63, 3.8) is 0 Å². The minimum absolute atomic E-state index is 0.188. The average molecular weight is 181 g/mol. The van der Waals surface area contributed by atoms with Gasteiger partial charge in [0.1, 0.15) is 0 Å². The molecule has 0 fully saturated rings. The maximum absolute atomic E-state index is 9.31. The second kappa shape index (κ2) is 4.91. The largest absolute Gasteiger partial charge is 0.390 e. The number of aromatic nitrogens is 1. The number of rotatable bonds is 4. The van der Waals surface area contributed by atoms with E-state index in [0.29, 0.717) is 6.42 Å². The van der Waals surface area contributed by atoms with Gasteiger partial charge < -0.3 is 16.6 Å². The lowest BCUT2D eigenvalue weighted by molar-refractivity contribution is 0.151. The quantitative estimate of drug-likeness (QED) is 0.571. The molecule has 1 aromatic heterocycles. The van der Waals surface area contributed by atoms with Gasteiger partial charge in [-0.25, -0.2) is 0 Å². The molecule has 0 bridgehead atoms. The van der Waals surface area contributed by atoms with Crippen molar-refractivity contribution >= 4 is 0 Å². The van der Waals surface area contributed by atoms with Gasteiger partial charge in [-0.3, -0.25) is 4.98 Å². The van der Waals surface area contributed by atoms with E-state index in [1.807, 2.05) is 18.2 Å². The Hall–Kier alpha value is -0.970. The highest BCUT2D eigenvalue weighted by atomic mass is 16.3. The third kappa shape index (κ3) is 3.10. The number of aliphatic hydroxyl groups excluding tert-OH is 1. The third-order valence-electron chi connectivity index (χ3n) is 1.91. The van der Waals surface area contributed by atoms with Crippen LogP contribution >= 0.6 is 0 Å². The molecule has 5 N–H and O–H groups in total. The van der Waals surface area contributed by atoms with Crippen molar-refractivity contribution in [2.75, 3.05) is 6.54 Å². The fourth-order valence-corrected chi connectivity index (χ4v) is 1.07. The molecule has 1 rings (SSSR count). The highest BCUT2D eigenvalue weighted by Crippen LogP contribution is 2.00. The van der Waals surface area contributed by atoms with Gasteiger partial charge in [0.15, 0.2) is 0 Å². The third-order valence-corrected chi connectivity index (χ3v) is 1.91. The van der Waals surface area contributed by atoms with E-state index in [9.17, 15) is 5.11 Å². The van der Waals surface area contributed by atoms with Crippen LogP contribution in [0.1, 0.15) is 5.69 Å². The van der Waals surface area contributed by atoms with Gasteiger partial charge in [-0.1, -0.05) is 6.07 Å². The van der Waals surface area contributed by atoms with Crippen LogP contribution in [0.15, 0.2) is 24.4 Å². The topological polar surface area (TPSA) is 85.2 Å². The van der Waals surface area contributed by atoms with Crippen LogP contribution in [0.25, 0.3) is 0 Å². The van der Waals surface area contributed by atoms with E-state index in [2.05, 4.69) is 4.98 Å². The smallest absolute Gasteiger partial charge is 0.0816 e. The Morgan fingerprint density at radius 2 is 2.23 bits per heavy atom. The highest BCUT2D eigenvalue weighted by molar-refractivity contribution is 5.05. The predicted octanol–water partition coefficient (Wildman–Crippen LogP) is -0.729. The van der Waals surface area contributed by atoms with Crippen LogP contribution < -0.4 is 11.5 Å². The van der Waals surface area contributed by atoms with Crippen molar-refractivity contribution in [1.29, 1.82) is 0 Å². The van der Waals surface area contributed by atoms with Crippen molar-refractivity contribution < 1.29 is 5.11 Å². The molecule has 72 valence electrons. The molecular weight excluding hydrogens is 166 g/mol. The Balaban J connectivity index is 2.50. The van der Waals surface area contributed by atoms with Gasteiger partial charge >= 0.3 is 0 Å². The average Bonchev–Trinajstić information content (AvgIpc) is 2.18. The number of aliphatic hydroxyl groups is 1. The molecule has 1 heterocycles. The summed E-state index contributed by atoms with van der Waals surface area (Å²) in [5.41, 5.74) is 11.8. The predicted molar refractivity (Wildman–Crippen MR) is 51.0 cm³/mol. The van der Waals surface area contributed by atoms with Crippen LogP contribution in [0.2, 0.25) is 0 Å². The summed E-state index contributed by atoms with van der Waals surface area (Å²) in [6.45, 7) is 0.188. The van der Waals surface area contributed by atoms with E-state index in [4.69, 9.17) is 11.5 Å². The summed E-state index contributed by atoms with van der Waals surface area (Å²) >= 11 is 0.